The summed E-state index contributed by atoms with van der Waals surface area (Å²) >= 11 is 0. The van der Waals surface area contributed by atoms with Gasteiger partial charge in [0, 0.05) is 30.4 Å². The molecule has 1 saturated heterocycles. The average molecular weight is 383 g/mol. The molecule has 1 aliphatic heterocycles. The fraction of sp³-hybridized carbons (Fsp3) is 0.333. The van der Waals surface area contributed by atoms with Gasteiger partial charge >= 0.3 is 0 Å². The van der Waals surface area contributed by atoms with Crippen LogP contribution < -0.4 is 25.0 Å². The van der Waals surface area contributed by atoms with Crippen molar-refractivity contribution in [2.75, 3.05) is 36.3 Å². The molecule has 0 aliphatic carbocycles. The van der Waals surface area contributed by atoms with E-state index in [4.69, 9.17) is 9.47 Å². The molecule has 3 rings (SSSR count). The van der Waals surface area contributed by atoms with Gasteiger partial charge in [0.2, 0.25) is 11.8 Å². The van der Waals surface area contributed by atoms with Gasteiger partial charge in [-0.3, -0.25) is 9.59 Å². The Kier molecular flexibility index (Phi) is 6.03. The highest BCUT2D eigenvalue weighted by atomic mass is 16.5. The molecule has 28 heavy (non-hydrogen) atoms. The molecule has 0 unspecified atom stereocenters. The van der Waals surface area contributed by atoms with Crippen LogP contribution in [-0.4, -0.2) is 38.6 Å². The van der Waals surface area contributed by atoms with Crippen molar-refractivity contribution in [1.82, 2.24) is 0 Å². The third-order valence-corrected chi connectivity index (χ3v) is 4.67. The average Bonchev–Trinajstić information content (AvgIpc) is 3.14. The normalized spacial score (nSPS) is 14.5. The van der Waals surface area contributed by atoms with Crippen LogP contribution in [0.2, 0.25) is 0 Å². The molecule has 2 amide bonds. The highest BCUT2D eigenvalue weighted by molar-refractivity contribution is 5.98. The summed E-state index contributed by atoms with van der Waals surface area (Å²) in [6.07, 6.45) is 1.45. The summed E-state index contributed by atoms with van der Waals surface area (Å²) < 4.78 is 10.5. The van der Waals surface area contributed by atoms with Crippen LogP contribution in [0.3, 0.4) is 0 Å². The number of rotatable bonds is 7. The molecule has 1 fully saturated rings. The molecule has 7 nitrogen and oxygen atoms in total. The van der Waals surface area contributed by atoms with Gasteiger partial charge in [-0.15, -0.1) is 0 Å². The standard InChI is InChI=1S/C21H25N3O4/c1-14(21(26)23-18-13-17(27-2)9-10-19(18)28-3)22-15-6-4-7-16(12-15)24-11-5-8-20(24)25/h4,6-7,9-10,12-14,22H,5,8,11H2,1-3H3,(H,23,26)/t14-/m1/s1. The smallest absolute Gasteiger partial charge is 0.246 e. The van der Waals surface area contributed by atoms with E-state index in [1.165, 1.54) is 0 Å². The number of benzene rings is 2. The molecule has 148 valence electrons. The minimum atomic E-state index is -0.500. The molecule has 2 aromatic rings. The summed E-state index contributed by atoms with van der Waals surface area (Å²) in [5.74, 6) is 1.10. The maximum absolute atomic E-state index is 12.6. The molecule has 2 N–H and O–H groups in total. The highest BCUT2D eigenvalue weighted by Crippen LogP contribution is 2.29. The molecule has 0 bridgehead atoms. The number of ether oxygens (including phenoxy) is 2. The van der Waals surface area contributed by atoms with Crippen molar-refractivity contribution < 1.29 is 19.1 Å². The second-order valence-electron chi connectivity index (χ2n) is 6.62. The summed E-state index contributed by atoms with van der Waals surface area (Å²) in [4.78, 5) is 26.4. The number of anilines is 3. The van der Waals surface area contributed by atoms with E-state index in [-0.39, 0.29) is 11.8 Å². The van der Waals surface area contributed by atoms with Crippen LogP contribution in [0.15, 0.2) is 42.5 Å². The van der Waals surface area contributed by atoms with Crippen molar-refractivity contribution in [3.8, 4) is 11.5 Å². The predicted molar refractivity (Wildman–Crippen MR) is 109 cm³/mol. The third-order valence-electron chi connectivity index (χ3n) is 4.67. The lowest BCUT2D eigenvalue weighted by molar-refractivity contribution is -0.117. The molecule has 1 heterocycles. The van der Waals surface area contributed by atoms with Gasteiger partial charge in [0.15, 0.2) is 0 Å². The molecule has 0 spiro atoms. The zero-order valence-corrected chi connectivity index (χ0v) is 16.3. The molecule has 7 heteroatoms. The Bertz CT molecular complexity index is 868. The molecule has 0 saturated carbocycles. The summed E-state index contributed by atoms with van der Waals surface area (Å²) in [7, 11) is 3.11. The minimum Gasteiger partial charge on any atom is -0.497 e. The summed E-state index contributed by atoms with van der Waals surface area (Å²) in [5.41, 5.74) is 2.16. The van der Waals surface area contributed by atoms with Crippen LogP contribution >= 0.6 is 0 Å². The van der Waals surface area contributed by atoms with E-state index in [0.717, 1.165) is 24.3 Å². The van der Waals surface area contributed by atoms with Gasteiger partial charge in [-0.25, -0.2) is 0 Å². The molecular formula is C21H25N3O4. The van der Waals surface area contributed by atoms with Crippen LogP contribution in [0.25, 0.3) is 0 Å². The van der Waals surface area contributed by atoms with Gasteiger partial charge in [-0.2, -0.15) is 0 Å². The third kappa shape index (κ3) is 4.36. The van der Waals surface area contributed by atoms with Gasteiger partial charge in [-0.1, -0.05) is 6.07 Å². The number of carbonyl (C=O) groups excluding carboxylic acids is 2. The largest absolute Gasteiger partial charge is 0.497 e. The Morgan fingerprint density at radius 1 is 1.14 bits per heavy atom. The lowest BCUT2D eigenvalue weighted by Crippen LogP contribution is -2.32. The van der Waals surface area contributed by atoms with Crippen LogP contribution in [0, 0.1) is 0 Å². The van der Waals surface area contributed by atoms with Crippen molar-refractivity contribution >= 4 is 28.9 Å². The Morgan fingerprint density at radius 2 is 1.96 bits per heavy atom. The number of nitrogens with zero attached hydrogens (tertiary/aromatic N) is 1. The Labute approximate surface area is 164 Å². The van der Waals surface area contributed by atoms with Crippen molar-refractivity contribution in [2.45, 2.75) is 25.8 Å². The van der Waals surface area contributed by atoms with E-state index in [1.807, 2.05) is 24.3 Å². The summed E-state index contributed by atoms with van der Waals surface area (Å²) in [6.45, 7) is 2.50. The van der Waals surface area contributed by atoms with E-state index < -0.39 is 6.04 Å². The number of carbonyl (C=O) groups is 2. The van der Waals surface area contributed by atoms with Gasteiger partial charge in [-0.05, 0) is 43.7 Å². The zero-order valence-electron chi connectivity index (χ0n) is 16.3. The van der Waals surface area contributed by atoms with Gasteiger partial charge < -0.3 is 25.0 Å². The van der Waals surface area contributed by atoms with E-state index in [1.54, 1.807) is 44.2 Å². The minimum absolute atomic E-state index is 0.132. The number of nitrogens with one attached hydrogen (secondary N) is 2. The first-order chi connectivity index (χ1) is 13.5. The quantitative estimate of drug-likeness (QED) is 0.767. The molecule has 1 aliphatic rings. The van der Waals surface area contributed by atoms with Crippen LogP contribution in [0.4, 0.5) is 17.1 Å². The van der Waals surface area contributed by atoms with E-state index >= 15 is 0 Å². The number of amides is 2. The number of hydrogen-bond acceptors (Lipinski definition) is 5. The first-order valence-electron chi connectivity index (χ1n) is 9.21. The summed E-state index contributed by atoms with van der Waals surface area (Å²) in [6, 6.07) is 12.3. The SMILES string of the molecule is COc1ccc(OC)c(NC(=O)[C@@H](C)Nc2cccc(N3CCCC3=O)c2)c1. The van der Waals surface area contributed by atoms with Gasteiger partial charge in [0.25, 0.3) is 0 Å². The monoisotopic (exact) mass is 383 g/mol. The molecule has 1 atom stereocenters. The van der Waals surface area contributed by atoms with Crippen LogP contribution in [0.5, 0.6) is 11.5 Å². The second kappa shape index (κ2) is 8.65. The fourth-order valence-electron chi connectivity index (χ4n) is 3.15. The highest BCUT2D eigenvalue weighted by Gasteiger charge is 2.22. The first kappa shape index (κ1) is 19.5. The Balaban J connectivity index is 1.69. The zero-order chi connectivity index (χ0) is 20.1. The van der Waals surface area contributed by atoms with Crippen LogP contribution in [-0.2, 0) is 9.59 Å². The lowest BCUT2D eigenvalue weighted by Gasteiger charge is -2.20. The molecular weight excluding hydrogens is 358 g/mol. The van der Waals surface area contributed by atoms with Crippen molar-refractivity contribution in [3.05, 3.63) is 42.5 Å². The second-order valence-corrected chi connectivity index (χ2v) is 6.62. The molecule has 0 radical (unpaired) electrons. The number of hydrogen-bond donors (Lipinski definition) is 2. The van der Waals surface area contributed by atoms with E-state index in [2.05, 4.69) is 10.6 Å². The maximum Gasteiger partial charge on any atom is 0.246 e. The lowest BCUT2D eigenvalue weighted by atomic mass is 10.2. The summed E-state index contributed by atoms with van der Waals surface area (Å²) in [5, 5.41) is 6.05. The fourth-order valence-corrected chi connectivity index (χ4v) is 3.15. The van der Waals surface area contributed by atoms with Crippen molar-refractivity contribution in [1.29, 1.82) is 0 Å². The van der Waals surface area contributed by atoms with Gasteiger partial charge in [0.1, 0.15) is 17.5 Å². The molecule has 0 aromatic heterocycles. The van der Waals surface area contributed by atoms with E-state index in [9.17, 15) is 9.59 Å². The van der Waals surface area contributed by atoms with Crippen molar-refractivity contribution in [3.63, 3.8) is 0 Å². The van der Waals surface area contributed by atoms with Crippen molar-refractivity contribution in [2.24, 2.45) is 0 Å². The first-order valence-corrected chi connectivity index (χ1v) is 9.21. The van der Waals surface area contributed by atoms with Crippen LogP contribution in [0.1, 0.15) is 19.8 Å². The Hall–Kier alpha value is -3.22. The number of methoxy groups -OCH3 is 2. The molecule has 2 aromatic carbocycles. The van der Waals surface area contributed by atoms with E-state index in [0.29, 0.717) is 23.6 Å². The maximum atomic E-state index is 12.6. The predicted octanol–water partition coefficient (Wildman–Crippen LogP) is 3.27. The Morgan fingerprint density at radius 3 is 2.64 bits per heavy atom. The van der Waals surface area contributed by atoms with Gasteiger partial charge in [0.05, 0.1) is 19.9 Å². The topological polar surface area (TPSA) is 79.9 Å².